The Labute approximate surface area is 145 Å². The second-order valence-electron chi connectivity index (χ2n) is 6.21. The fraction of sp³-hybridized carbons (Fsp3) is 0.316. The van der Waals surface area contributed by atoms with Crippen LogP contribution in [0.2, 0.25) is 5.02 Å². The third-order valence-corrected chi connectivity index (χ3v) is 5.85. The zero-order valence-corrected chi connectivity index (χ0v) is 14.4. The van der Waals surface area contributed by atoms with Crippen LogP contribution in [0.5, 0.6) is 0 Å². The van der Waals surface area contributed by atoms with Gasteiger partial charge in [0.25, 0.3) is 0 Å². The molecule has 1 saturated carbocycles. The molecule has 3 aromatic rings. The summed E-state index contributed by atoms with van der Waals surface area (Å²) in [7, 11) is 0. The summed E-state index contributed by atoms with van der Waals surface area (Å²) in [6, 6.07) is 16.8. The van der Waals surface area contributed by atoms with Crippen LogP contribution in [0.15, 0.2) is 48.5 Å². The van der Waals surface area contributed by atoms with Crippen LogP contribution in [-0.4, -0.2) is 4.98 Å². The van der Waals surface area contributed by atoms with Gasteiger partial charge in [-0.25, -0.2) is 4.98 Å². The number of rotatable bonds is 4. The third kappa shape index (κ3) is 3.22. The van der Waals surface area contributed by atoms with Crippen LogP contribution in [0, 0.1) is 5.92 Å². The first-order valence-corrected chi connectivity index (χ1v) is 9.36. The minimum Gasteiger partial charge on any atom is -0.354 e. The van der Waals surface area contributed by atoms with Gasteiger partial charge in [-0.2, -0.15) is 0 Å². The Morgan fingerprint density at radius 3 is 2.70 bits per heavy atom. The molecule has 1 atom stereocenters. The first kappa shape index (κ1) is 15.0. The van der Waals surface area contributed by atoms with E-state index < -0.39 is 0 Å². The average Bonchev–Trinajstić information content (AvgIpc) is 3.21. The Kier molecular flexibility index (Phi) is 4.23. The van der Waals surface area contributed by atoms with Gasteiger partial charge in [0.05, 0.1) is 16.3 Å². The van der Waals surface area contributed by atoms with E-state index in [0.717, 1.165) is 15.7 Å². The Hall–Kier alpha value is -1.58. The van der Waals surface area contributed by atoms with Gasteiger partial charge < -0.3 is 5.32 Å². The van der Waals surface area contributed by atoms with Gasteiger partial charge in [-0.15, -0.1) is 0 Å². The van der Waals surface area contributed by atoms with Crippen LogP contribution in [0.4, 0.5) is 5.13 Å². The Balaban J connectivity index is 1.67. The number of nitrogens with zero attached hydrogens (tertiary/aromatic N) is 1. The first-order valence-electron chi connectivity index (χ1n) is 8.17. The molecule has 4 rings (SSSR count). The Morgan fingerprint density at radius 1 is 1.09 bits per heavy atom. The monoisotopic (exact) mass is 342 g/mol. The van der Waals surface area contributed by atoms with Crippen molar-refractivity contribution in [1.29, 1.82) is 0 Å². The molecule has 23 heavy (non-hydrogen) atoms. The predicted molar refractivity (Wildman–Crippen MR) is 99.4 cm³/mol. The molecular weight excluding hydrogens is 324 g/mol. The van der Waals surface area contributed by atoms with Crippen molar-refractivity contribution in [3.8, 4) is 0 Å². The van der Waals surface area contributed by atoms with Crippen LogP contribution in [0.3, 0.4) is 0 Å². The topological polar surface area (TPSA) is 24.9 Å². The lowest BCUT2D eigenvalue weighted by Crippen LogP contribution is -2.18. The quantitative estimate of drug-likeness (QED) is 0.602. The van der Waals surface area contributed by atoms with Crippen molar-refractivity contribution in [2.45, 2.75) is 31.7 Å². The molecule has 0 bridgehead atoms. The first-order chi connectivity index (χ1) is 11.3. The van der Waals surface area contributed by atoms with Crippen molar-refractivity contribution in [2.75, 3.05) is 5.32 Å². The zero-order chi connectivity index (χ0) is 15.6. The number of benzene rings is 2. The van der Waals surface area contributed by atoms with E-state index in [1.54, 1.807) is 11.3 Å². The van der Waals surface area contributed by atoms with Crippen molar-refractivity contribution in [1.82, 2.24) is 4.98 Å². The standard InChI is InChI=1S/C19H19ClN2S/c20-15-9-5-8-14(12-15)18(13-6-1-2-7-13)22-19-21-16-10-3-4-11-17(16)23-19/h3-5,8-13,18H,1-2,6-7H2,(H,21,22). The van der Waals surface area contributed by atoms with E-state index in [1.807, 2.05) is 18.2 Å². The van der Waals surface area contributed by atoms with Crippen molar-refractivity contribution >= 4 is 38.3 Å². The fourth-order valence-corrected chi connectivity index (χ4v) is 4.63. The summed E-state index contributed by atoms with van der Waals surface area (Å²) in [6.07, 6.45) is 5.19. The van der Waals surface area contributed by atoms with E-state index in [0.29, 0.717) is 5.92 Å². The summed E-state index contributed by atoms with van der Waals surface area (Å²) in [5.41, 5.74) is 2.33. The molecule has 0 radical (unpaired) electrons. The van der Waals surface area contributed by atoms with E-state index >= 15 is 0 Å². The highest BCUT2D eigenvalue weighted by molar-refractivity contribution is 7.22. The molecule has 1 N–H and O–H groups in total. The minimum atomic E-state index is 0.289. The van der Waals surface area contributed by atoms with E-state index in [1.165, 1.54) is 35.9 Å². The lowest BCUT2D eigenvalue weighted by Gasteiger charge is -2.25. The summed E-state index contributed by atoms with van der Waals surface area (Å²) >= 11 is 7.95. The number of hydrogen-bond donors (Lipinski definition) is 1. The van der Waals surface area contributed by atoms with Crippen molar-refractivity contribution < 1.29 is 0 Å². The van der Waals surface area contributed by atoms with Gasteiger partial charge in [-0.05, 0) is 48.6 Å². The summed E-state index contributed by atoms with van der Waals surface area (Å²) in [5.74, 6) is 0.653. The molecule has 1 heterocycles. The summed E-state index contributed by atoms with van der Waals surface area (Å²) in [5, 5.41) is 5.51. The number of hydrogen-bond acceptors (Lipinski definition) is 3. The maximum absolute atomic E-state index is 6.22. The zero-order valence-electron chi connectivity index (χ0n) is 12.8. The number of halogens is 1. The van der Waals surface area contributed by atoms with Gasteiger partial charge >= 0.3 is 0 Å². The number of para-hydroxylation sites is 1. The number of fused-ring (bicyclic) bond motifs is 1. The molecule has 1 fully saturated rings. The van der Waals surface area contributed by atoms with Gasteiger partial charge in [0.15, 0.2) is 5.13 Å². The number of nitrogens with one attached hydrogen (secondary N) is 1. The second kappa shape index (κ2) is 6.50. The highest BCUT2D eigenvalue weighted by Gasteiger charge is 2.27. The van der Waals surface area contributed by atoms with Gasteiger partial charge in [0, 0.05) is 5.02 Å². The minimum absolute atomic E-state index is 0.289. The van der Waals surface area contributed by atoms with Crippen LogP contribution in [0.25, 0.3) is 10.2 Å². The summed E-state index contributed by atoms with van der Waals surface area (Å²) in [6.45, 7) is 0. The van der Waals surface area contributed by atoms with Gasteiger partial charge in [-0.1, -0.05) is 60.0 Å². The lowest BCUT2D eigenvalue weighted by molar-refractivity contribution is 0.470. The normalized spacial score (nSPS) is 16.7. The van der Waals surface area contributed by atoms with E-state index in [2.05, 4.69) is 35.6 Å². The molecular formula is C19H19ClN2S. The molecule has 4 heteroatoms. The van der Waals surface area contributed by atoms with Crippen molar-refractivity contribution in [2.24, 2.45) is 5.92 Å². The molecule has 0 saturated heterocycles. The number of anilines is 1. The summed E-state index contributed by atoms with van der Waals surface area (Å²) in [4.78, 5) is 4.75. The van der Waals surface area contributed by atoms with Gasteiger partial charge in [-0.3, -0.25) is 0 Å². The Bertz CT molecular complexity index is 775. The van der Waals surface area contributed by atoms with E-state index in [9.17, 15) is 0 Å². The maximum Gasteiger partial charge on any atom is 0.184 e. The van der Waals surface area contributed by atoms with Gasteiger partial charge in [0.2, 0.25) is 0 Å². The predicted octanol–water partition coefficient (Wildman–Crippen LogP) is 6.29. The third-order valence-electron chi connectivity index (χ3n) is 4.65. The van der Waals surface area contributed by atoms with Crippen LogP contribution < -0.4 is 5.32 Å². The van der Waals surface area contributed by atoms with Gasteiger partial charge in [0.1, 0.15) is 0 Å². The molecule has 0 amide bonds. The van der Waals surface area contributed by atoms with Crippen LogP contribution in [0.1, 0.15) is 37.3 Å². The average molecular weight is 343 g/mol. The molecule has 118 valence electrons. The molecule has 1 aromatic heterocycles. The molecule has 1 aliphatic carbocycles. The molecule has 1 unspecified atom stereocenters. The highest BCUT2D eigenvalue weighted by Crippen LogP contribution is 2.39. The SMILES string of the molecule is Clc1cccc(C(Nc2nc3ccccc3s2)C2CCCC2)c1. The summed E-state index contributed by atoms with van der Waals surface area (Å²) < 4.78 is 1.23. The largest absolute Gasteiger partial charge is 0.354 e. The van der Waals surface area contributed by atoms with Crippen LogP contribution >= 0.6 is 22.9 Å². The molecule has 0 spiro atoms. The van der Waals surface area contributed by atoms with E-state index in [-0.39, 0.29) is 6.04 Å². The molecule has 0 aliphatic heterocycles. The number of aromatic nitrogens is 1. The lowest BCUT2D eigenvalue weighted by atomic mass is 9.92. The van der Waals surface area contributed by atoms with Crippen molar-refractivity contribution in [3.05, 3.63) is 59.1 Å². The smallest absolute Gasteiger partial charge is 0.184 e. The second-order valence-corrected chi connectivity index (χ2v) is 7.68. The Morgan fingerprint density at radius 2 is 1.91 bits per heavy atom. The van der Waals surface area contributed by atoms with Crippen molar-refractivity contribution in [3.63, 3.8) is 0 Å². The van der Waals surface area contributed by atoms with Crippen LogP contribution in [-0.2, 0) is 0 Å². The fourth-order valence-electron chi connectivity index (χ4n) is 3.53. The number of thiazole rings is 1. The molecule has 2 aromatic carbocycles. The highest BCUT2D eigenvalue weighted by atomic mass is 35.5. The van der Waals surface area contributed by atoms with E-state index in [4.69, 9.17) is 16.6 Å². The maximum atomic E-state index is 6.22. The molecule has 2 nitrogen and oxygen atoms in total. The molecule has 1 aliphatic rings.